The van der Waals surface area contributed by atoms with Gasteiger partial charge in [-0.1, -0.05) is 18.2 Å². The Morgan fingerprint density at radius 2 is 2.09 bits per heavy atom. The third-order valence-corrected chi connectivity index (χ3v) is 4.98. The van der Waals surface area contributed by atoms with Crippen molar-refractivity contribution in [3.05, 3.63) is 35.2 Å². The van der Waals surface area contributed by atoms with E-state index in [1.165, 1.54) is 11.3 Å². The van der Waals surface area contributed by atoms with Gasteiger partial charge in [0.15, 0.2) is 0 Å². The van der Waals surface area contributed by atoms with Crippen molar-refractivity contribution < 1.29 is 23.1 Å². The van der Waals surface area contributed by atoms with Crippen molar-refractivity contribution in [1.29, 1.82) is 0 Å². The lowest BCUT2D eigenvalue weighted by atomic mass is 10.2. The lowest BCUT2D eigenvalue weighted by Crippen LogP contribution is -2.30. The molecule has 3 nitrogen and oxygen atoms in total. The van der Waals surface area contributed by atoms with Gasteiger partial charge in [-0.25, -0.2) is 0 Å². The predicted molar refractivity (Wildman–Crippen MR) is 83.2 cm³/mol. The maximum absolute atomic E-state index is 12.0. The third-order valence-electron chi connectivity index (χ3n) is 2.76. The van der Waals surface area contributed by atoms with E-state index < -0.39 is 23.9 Å². The Balaban J connectivity index is 1.79. The summed E-state index contributed by atoms with van der Waals surface area (Å²) in [5.74, 6) is -1.85. The van der Waals surface area contributed by atoms with E-state index in [9.17, 15) is 23.1 Å². The van der Waals surface area contributed by atoms with E-state index in [1.54, 1.807) is 0 Å². The van der Waals surface area contributed by atoms with Gasteiger partial charge in [-0.3, -0.25) is 4.79 Å². The maximum Gasteiger partial charge on any atom is 0.397 e. The Morgan fingerprint density at radius 1 is 1.36 bits per heavy atom. The fraction of sp³-hybridized carbons (Fsp3) is 0.357. The van der Waals surface area contributed by atoms with Crippen molar-refractivity contribution >= 4 is 39.1 Å². The summed E-state index contributed by atoms with van der Waals surface area (Å²) < 4.78 is 36.9. The summed E-state index contributed by atoms with van der Waals surface area (Å²) in [6.45, 7) is -0.0156. The molecule has 22 heavy (non-hydrogen) atoms. The highest BCUT2D eigenvalue weighted by molar-refractivity contribution is 8.00. The molecular weight excluding hydrogens is 335 g/mol. The Bertz CT molecular complexity index is 609. The highest BCUT2D eigenvalue weighted by Gasteiger charge is 2.27. The minimum atomic E-state index is -4.28. The number of alkyl halides is 3. The average molecular weight is 349 g/mol. The lowest BCUT2D eigenvalue weighted by molar-refractivity contribution is -0.119. The molecule has 2 rings (SSSR count). The second-order valence-corrected chi connectivity index (χ2v) is 6.72. The first-order chi connectivity index (χ1) is 10.3. The summed E-state index contributed by atoms with van der Waals surface area (Å²) in [5.41, 5.74) is 0. The summed E-state index contributed by atoms with van der Waals surface area (Å²) in [4.78, 5) is 12.1. The number of carbonyl (C=O) groups is 1. The molecule has 0 aliphatic carbocycles. The molecule has 8 heteroatoms. The predicted octanol–water partition coefficient (Wildman–Crippen LogP) is 3.35. The molecule has 1 aromatic carbocycles. The number of thioether (sulfide) groups is 1. The first kappa shape index (κ1) is 17.1. The molecule has 2 aromatic rings. The van der Waals surface area contributed by atoms with Crippen LogP contribution in [0.2, 0.25) is 0 Å². The molecule has 120 valence electrons. The molecule has 0 saturated heterocycles. The molecule has 1 unspecified atom stereocenters. The van der Waals surface area contributed by atoms with Gasteiger partial charge in [0.05, 0.1) is 11.5 Å². The van der Waals surface area contributed by atoms with Crippen molar-refractivity contribution in [1.82, 2.24) is 5.32 Å². The standard InChI is InChI=1S/C14H14F3NO2S2/c15-14(16,17)8-21-7-13(20)18-6-10(19)12-5-9-3-1-2-4-11(9)22-12/h1-5,10,19H,6-8H2,(H,18,20). The molecule has 1 atom stereocenters. The van der Waals surface area contributed by atoms with Crippen LogP contribution in [0.5, 0.6) is 0 Å². The van der Waals surface area contributed by atoms with Crippen LogP contribution in [0.15, 0.2) is 30.3 Å². The second kappa shape index (κ2) is 7.34. The molecule has 0 bridgehead atoms. The van der Waals surface area contributed by atoms with Crippen LogP contribution >= 0.6 is 23.1 Å². The summed E-state index contributed by atoms with van der Waals surface area (Å²) in [7, 11) is 0. The number of carbonyl (C=O) groups excluding carboxylic acids is 1. The van der Waals surface area contributed by atoms with Gasteiger partial charge in [0.1, 0.15) is 6.10 Å². The number of nitrogens with one attached hydrogen (secondary N) is 1. The second-order valence-electron chi connectivity index (χ2n) is 4.61. The van der Waals surface area contributed by atoms with E-state index in [2.05, 4.69) is 5.32 Å². The van der Waals surface area contributed by atoms with Crippen LogP contribution in [0.1, 0.15) is 11.0 Å². The normalized spacial score (nSPS) is 13.3. The number of fused-ring (bicyclic) bond motifs is 1. The number of amides is 1. The molecular formula is C14H14F3NO2S2. The van der Waals surface area contributed by atoms with Crippen molar-refractivity contribution in [2.45, 2.75) is 12.3 Å². The molecule has 0 aliphatic heterocycles. The quantitative estimate of drug-likeness (QED) is 0.841. The molecule has 1 heterocycles. The van der Waals surface area contributed by atoms with E-state index in [-0.39, 0.29) is 12.3 Å². The molecule has 1 amide bonds. The smallest absolute Gasteiger partial charge is 0.386 e. The number of hydrogen-bond donors (Lipinski definition) is 2. The Kier molecular flexibility index (Phi) is 5.71. The fourth-order valence-corrected chi connectivity index (χ4v) is 3.46. The van der Waals surface area contributed by atoms with Crippen LogP contribution in [0, 0.1) is 0 Å². The van der Waals surface area contributed by atoms with Crippen molar-refractivity contribution in [2.75, 3.05) is 18.1 Å². The number of benzene rings is 1. The summed E-state index contributed by atoms with van der Waals surface area (Å²) in [6, 6.07) is 9.49. The number of aliphatic hydroxyl groups is 1. The van der Waals surface area contributed by atoms with Crippen molar-refractivity contribution in [3.63, 3.8) is 0 Å². The van der Waals surface area contributed by atoms with Crippen LogP contribution in [0.25, 0.3) is 10.1 Å². The summed E-state index contributed by atoms with van der Waals surface area (Å²) in [6.07, 6.45) is -5.14. The Labute approximate surface area is 133 Å². The largest absolute Gasteiger partial charge is 0.397 e. The topological polar surface area (TPSA) is 49.3 Å². The van der Waals surface area contributed by atoms with Crippen LogP contribution in [-0.4, -0.2) is 35.2 Å². The van der Waals surface area contributed by atoms with Crippen molar-refractivity contribution in [2.24, 2.45) is 0 Å². The summed E-state index contributed by atoms with van der Waals surface area (Å²) >= 11 is 1.93. The Hall–Kier alpha value is -1.25. The van der Waals surface area contributed by atoms with Gasteiger partial charge >= 0.3 is 6.18 Å². The number of hydrogen-bond acceptors (Lipinski definition) is 4. The number of rotatable bonds is 6. The molecule has 0 radical (unpaired) electrons. The summed E-state index contributed by atoms with van der Waals surface area (Å²) in [5, 5.41) is 13.5. The minimum absolute atomic E-state index is 0.0156. The monoisotopic (exact) mass is 349 g/mol. The Morgan fingerprint density at radius 3 is 2.77 bits per heavy atom. The molecule has 0 aliphatic rings. The van der Waals surface area contributed by atoms with Gasteiger partial charge < -0.3 is 10.4 Å². The molecule has 0 saturated carbocycles. The maximum atomic E-state index is 12.0. The third kappa shape index (κ3) is 5.19. The molecule has 0 spiro atoms. The first-order valence-electron chi connectivity index (χ1n) is 6.43. The highest BCUT2D eigenvalue weighted by Crippen LogP contribution is 2.29. The SMILES string of the molecule is O=C(CSCC(F)(F)F)NCC(O)c1cc2ccccc2s1. The van der Waals surface area contributed by atoms with Crippen LogP contribution in [0.4, 0.5) is 13.2 Å². The number of halogens is 3. The van der Waals surface area contributed by atoms with Crippen LogP contribution in [-0.2, 0) is 4.79 Å². The van der Waals surface area contributed by atoms with Gasteiger partial charge in [-0.2, -0.15) is 13.2 Å². The zero-order valence-corrected chi connectivity index (χ0v) is 13.0. The van der Waals surface area contributed by atoms with E-state index in [0.717, 1.165) is 10.1 Å². The van der Waals surface area contributed by atoms with E-state index in [4.69, 9.17) is 0 Å². The van der Waals surface area contributed by atoms with Gasteiger partial charge in [0.2, 0.25) is 5.91 Å². The number of thiophene rings is 1. The van der Waals surface area contributed by atoms with Crippen LogP contribution < -0.4 is 5.32 Å². The number of aliphatic hydroxyl groups excluding tert-OH is 1. The molecule has 1 aromatic heterocycles. The minimum Gasteiger partial charge on any atom is -0.386 e. The zero-order valence-electron chi connectivity index (χ0n) is 11.4. The molecule has 2 N–H and O–H groups in total. The van der Waals surface area contributed by atoms with E-state index in [0.29, 0.717) is 16.6 Å². The average Bonchev–Trinajstić information content (AvgIpc) is 2.87. The lowest BCUT2D eigenvalue weighted by Gasteiger charge is -2.10. The van der Waals surface area contributed by atoms with Gasteiger partial charge in [-0.05, 0) is 17.5 Å². The van der Waals surface area contributed by atoms with Gasteiger partial charge in [0, 0.05) is 16.1 Å². The fourth-order valence-electron chi connectivity index (χ4n) is 1.79. The molecule has 0 fully saturated rings. The van der Waals surface area contributed by atoms with Crippen molar-refractivity contribution in [3.8, 4) is 0 Å². The van der Waals surface area contributed by atoms with Gasteiger partial charge in [0.25, 0.3) is 0 Å². The zero-order chi connectivity index (χ0) is 16.2. The van der Waals surface area contributed by atoms with E-state index in [1.807, 2.05) is 30.3 Å². The first-order valence-corrected chi connectivity index (χ1v) is 8.40. The van der Waals surface area contributed by atoms with Crippen LogP contribution in [0.3, 0.4) is 0 Å². The van der Waals surface area contributed by atoms with Gasteiger partial charge in [-0.15, -0.1) is 23.1 Å². The highest BCUT2D eigenvalue weighted by atomic mass is 32.2. The van der Waals surface area contributed by atoms with E-state index >= 15 is 0 Å².